The van der Waals surface area contributed by atoms with Crippen LogP contribution in [0.2, 0.25) is 0 Å². The Kier molecular flexibility index (Phi) is 5.23. The number of aliphatic hydroxyl groups is 3. The maximum atomic E-state index is 11.2. The molecule has 4 saturated carbocycles. The predicted octanol–water partition coefficient (Wildman–Crippen LogP) is 5.97. The van der Waals surface area contributed by atoms with Gasteiger partial charge in [-0.15, -0.1) is 0 Å². The minimum absolute atomic E-state index is 0.00787. The van der Waals surface area contributed by atoms with Gasteiger partial charge in [0.15, 0.2) is 0 Å². The molecule has 0 spiro atoms. The van der Waals surface area contributed by atoms with Gasteiger partial charge in [-0.3, -0.25) is 0 Å². The zero-order valence-electron chi connectivity index (χ0n) is 22.3. The summed E-state index contributed by atoms with van der Waals surface area (Å²) in [5.41, 5.74) is -0.193. The van der Waals surface area contributed by atoms with Gasteiger partial charge in [-0.1, -0.05) is 53.7 Å². The fraction of sp³-hybridized carbons (Fsp3) is 0.933. The molecule has 0 amide bonds. The summed E-state index contributed by atoms with van der Waals surface area (Å²) >= 11 is 0. The molecule has 0 unspecified atom stereocenters. The predicted molar refractivity (Wildman–Crippen MR) is 133 cm³/mol. The third kappa shape index (κ3) is 2.85. The molecule has 0 aromatic heterocycles. The molecule has 3 nitrogen and oxygen atoms in total. The molecule has 5 aliphatic carbocycles. The first-order valence-corrected chi connectivity index (χ1v) is 13.9. The van der Waals surface area contributed by atoms with Crippen molar-refractivity contribution < 1.29 is 15.3 Å². The highest BCUT2D eigenvalue weighted by molar-refractivity contribution is 5.25. The van der Waals surface area contributed by atoms with Crippen LogP contribution in [-0.2, 0) is 0 Å². The van der Waals surface area contributed by atoms with Crippen LogP contribution in [0.15, 0.2) is 12.2 Å². The lowest BCUT2D eigenvalue weighted by atomic mass is 9.31. The monoisotopic (exact) mass is 458 g/mol. The van der Waals surface area contributed by atoms with Crippen LogP contribution in [0.4, 0.5) is 0 Å². The molecule has 3 heteroatoms. The van der Waals surface area contributed by atoms with Crippen molar-refractivity contribution >= 4 is 0 Å². The van der Waals surface area contributed by atoms with Gasteiger partial charge >= 0.3 is 0 Å². The van der Waals surface area contributed by atoms with Gasteiger partial charge < -0.3 is 15.3 Å². The molecule has 5 aliphatic rings. The van der Waals surface area contributed by atoms with Crippen LogP contribution >= 0.6 is 0 Å². The van der Waals surface area contributed by atoms with Crippen LogP contribution in [0.25, 0.3) is 0 Å². The summed E-state index contributed by atoms with van der Waals surface area (Å²) in [6.07, 6.45) is 13.3. The van der Waals surface area contributed by atoms with E-state index >= 15 is 0 Å². The van der Waals surface area contributed by atoms with Crippen molar-refractivity contribution in [2.45, 2.75) is 112 Å². The van der Waals surface area contributed by atoms with Crippen molar-refractivity contribution in [3.05, 3.63) is 12.2 Å². The van der Waals surface area contributed by atoms with Crippen molar-refractivity contribution in [2.75, 3.05) is 6.61 Å². The summed E-state index contributed by atoms with van der Waals surface area (Å²) in [7, 11) is 0. The quantitative estimate of drug-likeness (QED) is 0.424. The summed E-state index contributed by atoms with van der Waals surface area (Å²) in [6, 6.07) is 0. The maximum absolute atomic E-state index is 11.2. The molecule has 0 aromatic rings. The molecule has 0 bridgehead atoms. The third-order valence-corrected chi connectivity index (χ3v) is 13.6. The van der Waals surface area contributed by atoms with Crippen LogP contribution < -0.4 is 0 Å². The van der Waals surface area contributed by atoms with Gasteiger partial charge in [-0.25, -0.2) is 0 Å². The second kappa shape index (κ2) is 7.10. The van der Waals surface area contributed by atoms with Crippen LogP contribution in [0.1, 0.15) is 99.8 Å². The topological polar surface area (TPSA) is 60.7 Å². The van der Waals surface area contributed by atoms with E-state index in [4.69, 9.17) is 0 Å². The summed E-state index contributed by atoms with van der Waals surface area (Å²) in [5, 5.41) is 32.8. The molecule has 0 radical (unpaired) electrons. The number of fused-ring (bicyclic) bond motifs is 7. The zero-order valence-corrected chi connectivity index (χ0v) is 22.3. The average molecular weight is 459 g/mol. The van der Waals surface area contributed by atoms with Crippen molar-refractivity contribution in [1.82, 2.24) is 0 Å². The lowest BCUT2D eigenvalue weighted by molar-refractivity contribution is -0.256. The van der Waals surface area contributed by atoms with Gasteiger partial charge in [0.1, 0.15) is 0 Å². The number of hydrogen-bond donors (Lipinski definition) is 3. The SMILES string of the molecule is C[C@@H]1[C@H]2[C@H]3CC[C@@H]4[C@@]5(C)CC[C@H](O)C(C)(C)[C@@H]5CC[C@@]4(C)[C@]3(C)CC[C@@]2(CO)C=C[C@]1(C)O. The summed E-state index contributed by atoms with van der Waals surface area (Å²) in [5.74, 6) is 2.29. The van der Waals surface area contributed by atoms with Crippen molar-refractivity contribution in [2.24, 2.45) is 56.7 Å². The third-order valence-electron chi connectivity index (χ3n) is 13.6. The van der Waals surface area contributed by atoms with Gasteiger partial charge in [0.05, 0.1) is 18.3 Å². The van der Waals surface area contributed by atoms with Gasteiger partial charge in [0, 0.05) is 5.41 Å². The van der Waals surface area contributed by atoms with Crippen LogP contribution in [0.3, 0.4) is 0 Å². The van der Waals surface area contributed by atoms with E-state index in [1.54, 1.807) is 0 Å². The molecule has 11 atom stereocenters. The van der Waals surface area contributed by atoms with Crippen LogP contribution in [0, 0.1) is 56.7 Å². The maximum Gasteiger partial charge on any atom is 0.0828 e. The Labute approximate surface area is 202 Å². The standard InChI is InChI=1S/C30H50O3/c1-19-24-20-8-9-22-26(4)12-11-23(32)25(2,3)21(26)10-13-28(22,6)27(20,5)14-16-30(24,18-31)17-15-29(19,7)33/h15,17,19-24,31-33H,8-14,16,18H2,1-7H3/t19-,20-,21+,22-,23+,24+,26+,27-,28-,29+,30+/m1/s1. The Morgan fingerprint density at radius 2 is 1.48 bits per heavy atom. The minimum atomic E-state index is -0.799. The van der Waals surface area contributed by atoms with E-state index in [-0.39, 0.29) is 40.3 Å². The Morgan fingerprint density at radius 1 is 0.788 bits per heavy atom. The van der Waals surface area contributed by atoms with Crippen LogP contribution in [-0.4, -0.2) is 33.6 Å². The molecule has 0 heterocycles. The lowest BCUT2D eigenvalue weighted by Crippen LogP contribution is -2.68. The highest BCUT2D eigenvalue weighted by atomic mass is 16.3. The van der Waals surface area contributed by atoms with E-state index in [0.29, 0.717) is 29.1 Å². The molecule has 188 valence electrons. The second-order valence-electron chi connectivity index (χ2n) is 14.8. The van der Waals surface area contributed by atoms with E-state index < -0.39 is 5.60 Å². The Balaban J connectivity index is 1.56. The summed E-state index contributed by atoms with van der Waals surface area (Å²) in [6.45, 7) is 16.8. The molecule has 3 N–H and O–H groups in total. The fourth-order valence-electron chi connectivity index (χ4n) is 11.2. The Hall–Kier alpha value is -0.380. The molecule has 4 fully saturated rings. The first-order chi connectivity index (χ1) is 15.2. The number of aliphatic hydroxyl groups excluding tert-OH is 2. The number of hydrogen-bond acceptors (Lipinski definition) is 3. The normalized spacial score (nSPS) is 59.7. The van der Waals surface area contributed by atoms with Gasteiger partial charge in [0.2, 0.25) is 0 Å². The van der Waals surface area contributed by atoms with Gasteiger partial charge in [-0.2, -0.15) is 0 Å². The molecule has 33 heavy (non-hydrogen) atoms. The highest BCUT2D eigenvalue weighted by Crippen LogP contribution is 2.76. The van der Waals surface area contributed by atoms with E-state index in [2.05, 4.69) is 47.6 Å². The fourth-order valence-corrected chi connectivity index (χ4v) is 11.2. The van der Waals surface area contributed by atoms with E-state index in [0.717, 1.165) is 19.3 Å². The largest absolute Gasteiger partial charge is 0.395 e. The van der Waals surface area contributed by atoms with E-state index in [1.807, 2.05) is 13.0 Å². The zero-order chi connectivity index (χ0) is 24.2. The molecule has 0 aromatic carbocycles. The lowest BCUT2D eigenvalue weighted by Gasteiger charge is -2.73. The molecule has 5 rings (SSSR count). The molecule has 0 aliphatic heterocycles. The smallest absolute Gasteiger partial charge is 0.0828 e. The Bertz CT molecular complexity index is 830. The summed E-state index contributed by atoms with van der Waals surface area (Å²) < 4.78 is 0. The first-order valence-electron chi connectivity index (χ1n) is 13.9. The van der Waals surface area contributed by atoms with E-state index in [9.17, 15) is 15.3 Å². The summed E-state index contributed by atoms with van der Waals surface area (Å²) in [4.78, 5) is 0. The molecular formula is C30H50O3. The van der Waals surface area contributed by atoms with Crippen molar-refractivity contribution in [3.8, 4) is 0 Å². The molecule has 0 saturated heterocycles. The minimum Gasteiger partial charge on any atom is -0.395 e. The van der Waals surface area contributed by atoms with Crippen molar-refractivity contribution in [1.29, 1.82) is 0 Å². The van der Waals surface area contributed by atoms with Crippen LogP contribution in [0.5, 0.6) is 0 Å². The van der Waals surface area contributed by atoms with E-state index in [1.165, 1.54) is 32.1 Å². The average Bonchev–Trinajstić information content (AvgIpc) is 2.74. The van der Waals surface area contributed by atoms with Gasteiger partial charge in [0.25, 0.3) is 0 Å². The first kappa shape index (κ1) is 24.3. The highest BCUT2D eigenvalue weighted by Gasteiger charge is 2.70. The van der Waals surface area contributed by atoms with Gasteiger partial charge in [-0.05, 0) is 110 Å². The second-order valence-corrected chi connectivity index (χ2v) is 14.8. The molecular weight excluding hydrogens is 408 g/mol. The Morgan fingerprint density at radius 3 is 2.15 bits per heavy atom. The number of rotatable bonds is 1. The van der Waals surface area contributed by atoms with Crippen molar-refractivity contribution in [3.63, 3.8) is 0 Å².